The van der Waals surface area contributed by atoms with Crippen LogP contribution in [0.4, 0.5) is 0 Å². The van der Waals surface area contributed by atoms with Gasteiger partial charge in [0.15, 0.2) is 5.78 Å². The zero-order valence-corrected chi connectivity index (χ0v) is 11.0. The van der Waals surface area contributed by atoms with Crippen molar-refractivity contribution in [1.29, 1.82) is 0 Å². The maximum atomic E-state index is 11.9. The summed E-state index contributed by atoms with van der Waals surface area (Å²) in [5, 5.41) is 11.2. The van der Waals surface area contributed by atoms with Crippen molar-refractivity contribution in [2.24, 2.45) is 0 Å². The highest BCUT2D eigenvalue weighted by molar-refractivity contribution is 7.12. The van der Waals surface area contributed by atoms with Crippen molar-refractivity contribution >= 4 is 23.0 Å². The minimum Gasteiger partial charge on any atom is -0.393 e. The van der Waals surface area contributed by atoms with E-state index >= 15 is 0 Å². The topological polar surface area (TPSA) is 57.6 Å². The van der Waals surface area contributed by atoms with E-state index in [0.29, 0.717) is 25.9 Å². The Morgan fingerprint density at radius 1 is 1.33 bits per heavy atom. The summed E-state index contributed by atoms with van der Waals surface area (Å²) in [4.78, 5) is 26.1. The Morgan fingerprint density at radius 3 is 2.67 bits per heavy atom. The van der Waals surface area contributed by atoms with E-state index in [4.69, 9.17) is 0 Å². The number of Topliss-reactive ketones (excluding diaryl/α,β-unsaturated/α-hetero) is 1. The van der Waals surface area contributed by atoms with Gasteiger partial charge in [-0.1, -0.05) is 6.07 Å². The lowest BCUT2D eigenvalue weighted by atomic mass is 10.1. The Hall–Kier alpha value is -1.20. The van der Waals surface area contributed by atoms with Gasteiger partial charge in [0.1, 0.15) is 0 Å². The average Bonchev–Trinajstić information content (AvgIpc) is 2.90. The molecule has 1 saturated heterocycles. The van der Waals surface area contributed by atoms with Crippen LogP contribution < -0.4 is 0 Å². The first-order valence-electron chi connectivity index (χ1n) is 6.19. The Balaban J connectivity index is 1.76. The maximum Gasteiger partial charge on any atom is 0.223 e. The van der Waals surface area contributed by atoms with Gasteiger partial charge in [-0.3, -0.25) is 9.59 Å². The van der Waals surface area contributed by atoms with Crippen molar-refractivity contribution in [2.75, 3.05) is 13.1 Å². The molecule has 0 aromatic carbocycles. The molecule has 98 valence electrons. The molecule has 2 heterocycles. The van der Waals surface area contributed by atoms with Crippen molar-refractivity contribution in [2.45, 2.75) is 31.8 Å². The summed E-state index contributed by atoms with van der Waals surface area (Å²) in [6.45, 7) is 1.21. The lowest BCUT2D eigenvalue weighted by Gasteiger charge is -2.29. The molecule has 1 aliphatic rings. The molecule has 2 rings (SSSR count). The maximum absolute atomic E-state index is 11.9. The zero-order chi connectivity index (χ0) is 13.0. The van der Waals surface area contributed by atoms with Gasteiger partial charge in [0.05, 0.1) is 11.0 Å². The van der Waals surface area contributed by atoms with Crippen LogP contribution in [-0.4, -0.2) is 40.9 Å². The van der Waals surface area contributed by atoms with Crippen LogP contribution in [0.5, 0.6) is 0 Å². The Morgan fingerprint density at radius 2 is 2.06 bits per heavy atom. The number of aliphatic hydroxyl groups is 1. The Kier molecular flexibility index (Phi) is 4.49. The molecule has 0 aliphatic carbocycles. The molecule has 0 radical (unpaired) electrons. The molecule has 5 heteroatoms. The van der Waals surface area contributed by atoms with Gasteiger partial charge in [-0.15, -0.1) is 11.3 Å². The van der Waals surface area contributed by atoms with E-state index in [-0.39, 0.29) is 30.6 Å². The van der Waals surface area contributed by atoms with Crippen molar-refractivity contribution in [3.8, 4) is 0 Å². The summed E-state index contributed by atoms with van der Waals surface area (Å²) in [5.74, 6) is 0.0576. The standard InChI is InChI=1S/C13H17NO3S/c15-10-5-7-14(8-6-10)13(17)4-3-11(16)12-2-1-9-18-12/h1-2,9-10,15H,3-8H2. The second-order valence-electron chi connectivity index (χ2n) is 4.51. The molecule has 0 atom stereocenters. The van der Waals surface area contributed by atoms with Gasteiger partial charge in [-0.25, -0.2) is 0 Å². The highest BCUT2D eigenvalue weighted by Crippen LogP contribution is 2.15. The molecular weight excluding hydrogens is 250 g/mol. The second-order valence-corrected chi connectivity index (χ2v) is 5.46. The summed E-state index contributed by atoms with van der Waals surface area (Å²) in [7, 11) is 0. The van der Waals surface area contributed by atoms with Crippen LogP contribution in [0.1, 0.15) is 35.4 Å². The number of carbonyl (C=O) groups excluding carboxylic acids is 2. The van der Waals surface area contributed by atoms with E-state index in [1.807, 2.05) is 11.4 Å². The Labute approximate surface area is 110 Å². The van der Waals surface area contributed by atoms with E-state index in [9.17, 15) is 14.7 Å². The van der Waals surface area contributed by atoms with Crippen molar-refractivity contribution in [1.82, 2.24) is 4.90 Å². The van der Waals surface area contributed by atoms with Crippen LogP contribution >= 0.6 is 11.3 Å². The number of aliphatic hydroxyl groups excluding tert-OH is 1. The van der Waals surface area contributed by atoms with Gasteiger partial charge in [0, 0.05) is 25.9 Å². The number of amides is 1. The van der Waals surface area contributed by atoms with Crippen LogP contribution in [0, 0.1) is 0 Å². The van der Waals surface area contributed by atoms with Gasteiger partial charge in [-0.2, -0.15) is 0 Å². The molecule has 4 nitrogen and oxygen atoms in total. The lowest BCUT2D eigenvalue weighted by molar-refractivity contribution is -0.133. The molecule has 1 aromatic heterocycles. The number of piperidine rings is 1. The number of ketones is 1. The number of nitrogens with zero attached hydrogens (tertiary/aromatic N) is 1. The summed E-state index contributed by atoms with van der Waals surface area (Å²) in [6, 6.07) is 3.63. The molecule has 18 heavy (non-hydrogen) atoms. The summed E-state index contributed by atoms with van der Waals surface area (Å²) in [5.41, 5.74) is 0. The second kappa shape index (κ2) is 6.11. The van der Waals surface area contributed by atoms with Crippen LogP contribution in [-0.2, 0) is 4.79 Å². The molecule has 1 fully saturated rings. The molecule has 1 aliphatic heterocycles. The zero-order valence-electron chi connectivity index (χ0n) is 10.2. The van der Waals surface area contributed by atoms with Crippen molar-refractivity contribution < 1.29 is 14.7 Å². The highest BCUT2D eigenvalue weighted by atomic mass is 32.1. The van der Waals surface area contributed by atoms with Gasteiger partial charge in [0.2, 0.25) is 5.91 Å². The van der Waals surface area contributed by atoms with Crippen molar-refractivity contribution in [3.05, 3.63) is 22.4 Å². The number of hydrogen-bond acceptors (Lipinski definition) is 4. The van der Waals surface area contributed by atoms with Gasteiger partial charge >= 0.3 is 0 Å². The fraction of sp³-hybridized carbons (Fsp3) is 0.538. The fourth-order valence-electron chi connectivity index (χ4n) is 2.05. The minimum atomic E-state index is -0.276. The first-order chi connectivity index (χ1) is 8.66. The molecule has 1 aromatic rings. The van der Waals surface area contributed by atoms with Crippen LogP contribution in [0.3, 0.4) is 0 Å². The third-order valence-electron chi connectivity index (χ3n) is 3.18. The van der Waals surface area contributed by atoms with Crippen LogP contribution in [0.2, 0.25) is 0 Å². The smallest absolute Gasteiger partial charge is 0.223 e. The lowest BCUT2D eigenvalue weighted by Crippen LogP contribution is -2.40. The number of hydrogen-bond donors (Lipinski definition) is 1. The third-order valence-corrected chi connectivity index (χ3v) is 4.09. The van der Waals surface area contributed by atoms with Gasteiger partial charge in [-0.05, 0) is 24.3 Å². The third kappa shape index (κ3) is 3.40. The normalized spacial score (nSPS) is 16.8. The first-order valence-corrected chi connectivity index (χ1v) is 7.07. The number of likely N-dealkylation sites (tertiary alicyclic amines) is 1. The van der Waals surface area contributed by atoms with Gasteiger partial charge in [0.25, 0.3) is 0 Å². The largest absolute Gasteiger partial charge is 0.393 e. The summed E-state index contributed by atoms with van der Waals surface area (Å²) < 4.78 is 0. The molecular formula is C13H17NO3S. The highest BCUT2D eigenvalue weighted by Gasteiger charge is 2.21. The molecule has 0 saturated carbocycles. The molecule has 1 amide bonds. The number of carbonyl (C=O) groups is 2. The molecule has 0 unspecified atom stereocenters. The van der Waals surface area contributed by atoms with E-state index < -0.39 is 0 Å². The minimum absolute atomic E-state index is 0.0202. The monoisotopic (exact) mass is 267 g/mol. The van der Waals surface area contributed by atoms with Crippen LogP contribution in [0.15, 0.2) is 17.5 Å². The number of thiophene rings is 1. The summed E-state index contributed by atoms with van der Waals surface area (Å²) >= 11 is 1.41. The van der Waals surface area contributed by atoms with Crippen molar-refractivity contribution in [3.63, 3.8) is 0 Å². The predicted octanol–water partition coefficient (Wildman–Crippen LogP) is 1.69. The first kappa shape index (κ1) is 13.2. The van der Waals surface area contributed by atoms with Gasteiger partial charge < -0.3 is 10.0 Å². The van der Waals surface area contributed by atoms with E-state index in [2.05, 4.69) is 0 Å². The van der Waals surface area contributed by atoms with E-state index in [1.54, 1.807) is 11.0 Å². The predicted molar refractivity (Wildman–Crippen MR) is 69.7 cm³/mol. The van der Waals surface area contributed by atoms with Crippen LogP contribution in [0.25, 0.3) is 0 Å². The quantitative estimate of drug-likeness (QED) is 0.845. The fourth-order valence-corrected chi connectivity index (χ4v) is 2.75. The SMILES string of the molecule is O=C(CCC(=O)N1CCC(O)CC1)c1cccs1. The molecule has 0 spiro atoms. The van der Waals surface area contributed by atoms with E-state index in [1.165, 1.54) is 11.3 Å². The molecule has 1 N–H and O–H groups in total. The van der Waals surface area contributed by atoms with E-state index in [0.717, 1.165) is 4.88 Å². The summed E-state index contributed by atoms with van der Waals surface area (Å²) in [6.07, 6.45) is 1.56. The number of rotatable bonds is 4. The Bertz CT molecular complexity index is 408. The average molecular weight is 267 g/mol. The molecule has 0 bridgehead atoms.